The van der Waals surface area contributed by atoms with E-state index >= 15 is 0 Å². The lowest BCUT2D eigenvalue weighted by molar-refractivity contribution is -0.138. The fourth-order valence-corrected chi connectivity index (χ4v) is 17.9. The van der Waals surface area contributed by atoms with E-state index in [1.165, 1.54) is 72.6 Å². The van der Waals surface area contributed by atoms with Gasteiger partial charge < -0.3 is 65.4 Å². The Labute approximate surface area is 891 Å². The van der Waals surface area contributed by atoms with Gasteiger partial charge in [0.2, 0.25) is 11.8 Å². The second-order valence-corrected chi connectivity index (χ2v) is 37.1. The molecule has 0 spiro atoms. The number of methoxy groups -OCH3 is 1. The molecule has 4 unspecified atom stereocenters. The van der Waals surface area contributed by atoms with Crippen LogP contribution in [0.3, 0.4) is 0 Å². The highest BCUT2D eigenvalue weighted by Gasteiger charge is 2.34. The molecule has 9 N–H and O–H groups in total. The number of carbonyl (C=O) groups excluding carboxylic acids is 5. The lowest BCUT2D eigenvalue weighted by atomic mass is 9.92. The summed E-state index contributed by atoms with van der Waals surface area (Å²) < 4.78 is 29.2. The number of halogens is 4. The Morgan fingerprint density at radius 1 is 0.427 bits per heavy atom. The predicted octanol–water partition coefficient (Wildman–Crippen LogP) is 25.9. The molecular weight excluding hydrogens is 2060 g/mol. The number of fused-ring (bicyclic) bond motifs is 4. The monoisotopic (exact) mass is 2140 g/mol. The van der Waals surface area contributed by atoms with Gasteiger partial charge in [0.1, 0.15) is 34.5 Å². The third-order valence-electron chi connectivity index (χ3n) is 22.0. The molecule has 13 aromatic carbocycles. The highest BCUT2D eigenvalue weighted by Crippen LogP contribution is 2.46. The van der Waals surface area contributed by atoms with E-state index in [0.29, 0.717) is 133 Å². The lowest BCUT2D eigenvalue weighted by Crippen LogP contribution is -2.17. The molecule has 0 radical (unpaired) electrons. The first-order valence-corrected chi connectivity index (χ1v) is 49.5. The van der Waals surface area contributed by atoms with Gasteiger partial charge in [-0.05, 0) is 164 Å². The summed E-state index contributed by atoms with van der Waals surface area (Å²) in [4.78, 5) is 131. The number of aromatic nitrogens is 1. The fraction of sp³-hybridized carbons (Fsp3) is 0.173. The number of hydrogen-bond acceptors (Lipinski definition) is 23. The molecule has 14 rings (SSSR count). The molecule has 33 nitrogen and oxygen atoms in total. The molecule has 0 bridgehead atoms. The van der Waals surface area contributed by atoms with E-state index in [2.05, 4.69) is 55.9 Å². The average Bonchev–Trinajstić information content (AvgIpc) is 0.980. The standard InChI is InChI=1S/C31H22Cl2N4O5.C28H22N4O4S2.C27H22Cl2N4O5S.C24H19N3O4/c1-17-13-25(24(33)15-23(17)32)37-31(41)22-14-27(20-5-3-4-6-21(20)30(22)26(16-34)35-2)42-19-9-7-18(8-10-19)36-28(38)11-12-29(39)40;1-17-26(18-8-4-3-5-9-18)31-28(38-17)32-27(35)21-14-23(36-12-13-37-16-24(33)34)19-10-6-7-11-20(19)25(21)22(15-29)30-2;1-15-9-21(19(29)11-18(15)28)33-27(36)17-10-23(38-7-8-39-13-24(34)35)26-16(25(17)22(12-30)31-2)5-4-6-20(26)32-14-37-3;1-15-13-21(18-5-3-4-6-19(18)24(15)20(14-25)26-2)31-17-9-7-16(8-10-17)27-22(28)11-12-23(29)30/h3-10,13-15,26H,11-12H2,1H3,(H,36,38)(H,37,41)(H,39,40);3-11,14,22H,12-13,16H2,1H3,(H,33,34)(H,31,32,35);4-6,9-11,14,22H,7-8,13H2,1,3H3,(H,33,36)(H,34,35);3-10,13,20H,11-12H2,1H3,(H,27,28)(H,29,30). The van der Waals surface area contributed by atoms with Crippen LogP contribution in [0.5, 0.6) is 34.5 Å². The number of thioether (sulfide) groups is 2. The molecule has 150 heavy (non-hydrogen) atoms. The van der Waals surface area contributed by atoms with Crippen LogP contribution in [-0.2, 0) is 33.5 Å². The smallest absolute Gasteiger partial charge is 0.333 e. The van der Waals surface area contributed by atoms with Crippen molar-refractivity contribution in [3.63, 3.8) is 0 Å². The van der Waals surface area contributed by atoms with Crippen molar-refractivity contribution in [3.05, 3.63) is 345 Å². The Morgan fingerprint density at radius 2 is 0.807 bits per heavy atom. The highest BCUT2D eigenvalue weighted by molar-refractivity contribution is 8.00. The zero-order valence-corrected chi connectivity index (χ0v) is 85.4. The number of nitriles is 4. The van der Waals surface area contributed by atoms with Gasteiger partial charge in [0.15, 0.2) is 35.8 Å². The largest absolute Gasteiger partial charge is 0.492 e. The summed E-state index contributed by atoms with van der Waals surface area (Å²) in [6.07, 6.45) is 0.458. The van der Waals surface area contributed by atoms with E-state index in [1.54, 1.807) is 147 Å². The highest BCUT2D eigenvalue weighted by atomic mass is 35.5. The maximum Gasteiger partial charge on any atom is 0.333 e. The Bertz CT molecular complexity index is 7910. The summed E-state index contributed by atoms with van der Waals surface area (Å²) in [5.41, 5.74) is 7.53. The quantitative estimate of drug-likeness (QED) is 0.00755. The van der Waals surface area contributed by atoms with Gasteiger partial charge in [0.25, 0.3) is 17.7 Å². The minimum Gasteiger partial charge on any atom is -0.492 e. The van der Waals surface area contributed by atoms with Crippen LogP contribution in [-0.4, -0.2) is 129 Å². The third kappa shape index (κ3) is 29.6. The molecule has 1 aromatic heterocycles. The topological polar surface area (TPSA) is 479 Å². The number of nitrogens with one attached hydrogen (secondary N) is 5. The first-order valence-electron chi connectivity index (χ1n) is 44.8. The number of nitrogens with zero attached hydrogens (tertiary/aromatic N) is 10. The van der Waals surface area contributed by atoms with E-state index < -0.39 is 71.7 Å². The molecule has 40 heteroatoms. The van der Waals surface area contributed by atoms with Gasteiger partial charge in [-0.15, -0.1) is 34.9 Å². The lowest BCUT2D eigenvalue weighted by Gasteiger charge is -2.18. The van der Waals surface area contributed by atoms with Crippen molar-refractivity contribution in [1.29, 1.82) is 21.0 Å². The summed E-state index contributed by atoms with van der Waals surface area (Å²) in [5, 5.41) is 93.9. The minimum atomic E-state index is -1.31. The van der Waals surface area contributed by atoms with Crippen LogP contribution in [0.2, 0.25) is 20.1 Å². The van der Waals surface area contributed by atoms with Crippen LogP contribution < -0.4 is 45.5 Å². The number of thiazole rings is 1. The van der Waals surface area contributed by atoms with E-state index in [9.17, 15) is 64.2 Å². The summed E-state index contributed by atoms with van der Waals surface area (Å²) in [6.45, 7) is 37.8. The maximum atomic E-state index is 13.7. The zero-order chi connectivity index (χ0) is 108. The number of aliphatic imine (C=N–C) groups is 1. The number of amides is 5. The van der Waals surface area contributed by atoms with Crippen molar-refractivity contribution in [2.24, 2.45) is 4.99 Å². The first kappa shape index (κ1) is 113. The van der Waals surface area contributed by atoms with Crippen LogP contribution in [0.4, 0.5) is 33.6 Å². The van der Waals surface area contributed by atoms with Crippen LogP contribution >= 0.6 is 81.3 Å². The first-order chi connectivity index (χ1) is 72.2. The number of carbonyl (C=O) groups is 9. The van der Waals surface area contributed by atoms with Gasteiger partial charge >= 0.3 is 48.0 Å². The zero-order valence-electron chi connectivity index (χ0n) is 80.0. The Hall–Kier alpha value is -17.8. The second kappa shape index (κ2) is 54.4. The molecular formula is C110H85Cl4N15O18S3. The predicted molar refractivity (Wildman–Crippen MR) is 579 cm³/mol. The summed E-state index contributed by atoms with van der Waals surface area (Å²) in [5.74, 6) is -3.32. The molecule has 0 saturated heterocycles. The van der Waals surface area contributed by atoms with Crippen molar-refractivity contribution in [1.82, 2.24) is 4.98 Å². The van der Waals surface area contributed by atoms with E-state index in [-0.39, 0.29) is 106 Å². The number of rotatable bonds is 37. The molecule has 1 heterocycles. The van der Waals surface area contributed by atoms with Gasteiger partial charge in [-0.25, -0.2) is 36.3 Å². The number of aryl methyl sites for hydroxylation is 4. The number of anilines is 5. The van der Waals surface area contributed by atoms with Crippen molar-refractivity contribution in [3.8, 4) is 70.0 Å². The van der Waals surface area contributed by atoms with Crippen LogP contribution in [0, 0.1) is 99.3 Å². The molecule has 0 aliphatic rings. The van der Waals surface area contributed by atoms with Crippen molar-refractivity contribution < 1.29 is 87.3 Å². The number of benzene rings is 13. The normalized spacial score (nSPS) is 11.3. The fourth-order valence-electron chi connectivity index (χ4n) is 15.2. The Kier molecular flexibility index (Phi) is 40.8. The van der Waals surface area contributed by atoms with E-state index in [4.69, 9.17) is 117 Å². The molecule has 14 aromatic rings. The minimum absolute atomic E-state index is 0.0368. The van der Waals surface area contributed by atoms with Crippen LogP contribution in [0.15, 0.2) is 223 Å². The molecule has 4 atom stereocenters. The van der Waals surface area contributed by atoms with Gasteiger partial charge in [0.05, 0.1) is 122 Å². The molecule has 0 saturated carbocycles. The molecule has 5 amide bonds. The summed E-state index contributed by atoms with van der Waals surface area (Å²) >= 11 is 28.6. The molecule has 0 aliphatic carbocycles. The van der Waals surface area contributed by atoms with Crippen LogP contribution in [0.25, 0.3) is 73.7 Å². The molecule has 0 aliphatic heterocycles. The Balaban J connectivity index is 0.000000191. The number of ether oxygens (including phenoxy) is 5. The van der Waals surface area contributed by atoms with Gasteiger partial charge in [-0.1, -0.05) is 162 Å². The maximum absolute atomic E-state index is 13.7. The van der Waals surface area contributed by atoms with Gasteiger partial charge in [-0.3, -0.25) is 67.8 Å². The number of carboxylic acids is 4. The average molecular weight is 2140 g/mol. The SMILES string of the molecule is [C-]#[N+]C(C#N)c1c(C(=O)Nc2cc(C)c(Cl)cc2Cl)cc(OCCSCC(=O)O)c2c(N=COC)cccc12.[C-]#[N+]C(C#N)c1c(C(=O)Nc2cc(C)c(Cl)cc2Cl)cc(Oc2ccc(NC(=O)CCC(=O)O)cc2)c2ccccc12.[C-]#[N+]C(C#N)c1c(C(=O)Nc2nc(-c3ccccc3)c(C)s2)cc(OCCSCC(=O)O)c2ccccc12.[C-]#[N+]C(C#N)c1c(C)cc(Oc2ccc(NC(=O)CCC(=O)O)cc2)c2ccccc12. The van der Waals surface area contributed by atoms with Crippen molar-refractivity contribution in [2.75, 3.05) is 69.9 Å². The number of hydrogen-bond donors (Lipinski definition) is 9. The Morgan fingerprint density at radius 3 is 1.23 bits per heavy atom. The van der Waals surface area contributed by atoms with E-state index in [1.807, 2.05) is 98.8 Å². The third-order valence-corrected chi connectivity index (χ3v) is 26.1. The van der Waals surface area contributed by atoms with Crippen LogP contribution in [0.1, 0.15) is 125 Å². The van der Waals surface area contributed by atoms with Crippen molar-refractivity contribution >= 4 is 218 Å². The summed E-state index contributed by atoms with van der Waals surface area (Å²) in [7, 11) is 1.44. The summed E-state index contributed by atoms with van der Waals surface area (Å²) in [6, 6.07) is 65.2. The molecule has 0 fully saturated rings. The van der Waals surface area contributed by atoms with Gasteiger partial charge in [-0.2, -0.15) is 21.0 Å². The second-order valence-electron chi connectivity index (χ2n) is 32.1. The van der Waals surface area contributed by atoms with Gasteiger partial charge in [0, 0.05) is 77.8 Å². The van der Waals surface area contributed by atoms with Crippen molar-refractivity contribution in [2.45, 2.75) is 77.5 Å². The molecule has 754 valence electrons. The number of aliphatic carboxylic acids is 4. The van der Waals surface area contributed by atoms with E-state index in [0.717, 1.165) is 32.5 Å². The number of carboxylic acid groups (broad SMARTS) is 4.